The number of rotatable bonds is 7. The zero-order valence-electron chi connectivity index (χ0n) is 19.0. The number of amides is 1. The second-order valence-corrected chi connectivity index (χ2v) is 9.78. The lowest BCUT2D eigenvalue weighted by atomic mass is 10.0. The van der Waals surface area contributed by atoms with Crippen molar-refractivity contribution in [2.24, 2.45) is 4.99 Å². The fourth-order valence-electron chi connectivity index (χ4n) is 4.17. The Morgan fingerprint density at radius 3 is 2.39 bits per heavy atom. The third-order valence-electron chi connectivity index (χ3n) is 6.11. The number of thioether (sulfide) groups is 1. The van der Waals surface area contributed by atoms with Crippen LogP contribution in [0.2, 0.25) is 0 Å². The van der Waals surface area contributed by atoms with Gasteiger partial charge in [-0.25, -0.2) is 4.99 Å². The third kappa shape index (κ3) is 8.81. The lowest BCUT2D eigenvalue weighted by Crippen LogP contribution is -2.50. The van der Waals surface area contributed by atoms with Crippen molar-refractivity contribution in [2.45, 2.75) is 56.0 Å². The fraction of sp³-hybridized carbons (Fsp3) is 0.652. The highest BCUT2D eigenvalue weighted by Gasteiger charge is 2.26. The number of hydrogen-bond donors (Lipinski definition) is 2. The molecule has 0 bridgehead atoms. The van der Waals surface area contributed by atoms with Crippen LogP contribution in [0.25, 0.3) is 0 Å². The van der Waals surface area contributed by atoms with Crippen LogP contribution in [-0.2, 0) is 11.3 Å². The van der Waals surface area contributed by atoms with Crippen LogP contribution in [0.5, 0.6) is 0 Å². The van der Waals surface area contributed by atoms with Gasteiger partial charge in [-0.05, 0) is 43.9 Å². The molecule has 1 saturated heterocycles. The van der Waals surface area contributed by atoms with E-state index in [0.29, 0.717) is 12.1 Å². The van der Waals surface area contributed by atoms with Crippen LogP contribution in [0.4, 0.5) is 0 Å². The highest BCUT2D eigenvalue weighted by molar-refractivity contribution is 14.0. The van der Waals surface area contributed by atoms with Crippen molar-refractivity contribution < 1.29 is 4.79 Å². The molecule has 174 valence electrons. The number of halogens is 1. The minimum atomic E-state index is 0. The number of guanidine groups is 1. The summed E-state index contributed by atoms with van der Waals surface area (Å²) in [4.78, 5) is 20.8. The highest BCUT2D eigenvalue weighted by Crippen LogP contribution is 2.28. The number of hydrogen-bond acceptors (Lipinski definition) is 4. The average Bonchev–Trinajstić information content (AvgIpc) is 3.21. The van der Waals surface area contributed by atoms with Gasteiger partial charge in [0.25, 0.3) is 0 Å². The monoisotopic (exact) mass is 559 g/mol. The largest absolute Gasteiger partial charge is 0.354 e. The first-order chi connectivity index (χ1) is 14.5. The van der Waals surface area contributed by atoms with E-state index in [1.54, 1.807) is 19.0 Å². The minimum absolute atomic E-state index is 0. The van der Waals surface area contributed by atoms with Crippen molar-refractivity contribution in [1.29, 1.82) is 0 Å². The van der Waals surface area contributed by atoms with Crippen LogP contribution < -0.4 is 10.6 Å². The quantitative estimate of drug-likeness (QED) is 0.306. The molecule has 1 amide bonds. The summed E-state index contributed by atoms with van der Waals surface area (Å²) in [6, 6.07) is 11.5. The van der Waals surface area contributed by atoms with Gasteiger partial charge in [0, 0.05) is 51.1 Å². The SMILES string of the molecule is CSC1CCC(NC(=NCC(=O)N(C)C)NC2CCN(Cc3ccccc3)CC2)C1.I. The molecule has 1 aliphatic heterocycles. The molecule has 2 fully saturated rings. The number of nitrogens with zero attached hydrogens (tertiary/aromatic N) is 3. The van der Waals surface area contributed by atoms with Crippen molar-refractivity contribution in [3.8, 4) is 0 Å². The molecule has 1 aromatic carbocycles. The summed E-state index contributed by atoms with van der Waals surface area (Å²) in [6.07, 6.45) is 7.96. The first-order valence-electron chi connectivity index (χ1n) is 11.1. The first-order valence-corrected chi connectivity index (χ1v) is 12.4. The molecule has 1 saturated carbocycles. The minimum Gasteiger partial charge on any atom is -0.354 e. The smallest absolute Gasteiger partial charge is 0.243 e. The summed E-state index contributed by atoms with van der Waals surface area (Å²) >= 11 is 1.96. The van der Waals surface area contributed by atoms with Gasteiger partial charge in [-0.15, -0.1) is 24.0 Å². The van der Waals surface area contributed by atoms with E-state index in [9.17, 15) is 4.79 Å². The maximum absolute atomic E-state index is 12.0. The predicted molar refractivity (Wildman–Crippen MR) is 142 cm³/mol. The second-order valence-electron chi connectivity index (χ2n) is 8.65. The molecule has 6 nitrogen and oxygen atoms in total. The van der Waals surface area contributed by atoms with Crippen molar-refractivity contribution >= 4 is 47.6 Å². The van der Waals surface area contributed by atoms with Gasteiger partial charge in [0.1, 0.15) is 6.54 Å². The zero-order chi connectivity index (χ0) is 21.3. The molecule has 1 aromatic rings. The van der Waals surface area contributed by atoms with Crippen LogP contribution in [0, 0.1) is 0 Å². The van der Waals surface area contributed by atoms with Gasteiger partial charge in [0.2, 0.25) is 5.91 Å². The summed E-state index contributed by atoms with van der Waals surface area (Å²) in [5.41, 5.74) is 1.37. The van der Waals surface area contributed by atoms with Crippen LogP contribution in [0.1, 0.15) is 37.7 Å². The number of carbonyl (C=O) groups is 1. The Morgan fingerprint density at radius 1 is 1.10 bits per heavy atom. The Kier molecular flexibility index (Phi) is 11.5. The van der Waals surface area contributed by atoms with E-state index in [2.05, 4.69) is 57.1 Å². The number of benzene rings is 1. The third-order valence-corrected chi connectivity index (χ3v) is 7.20. The van der Waals surface area contributed by atoms with Crippen LogP contribution in [-0.4, -0.2) is 79.0 Å². The Bertz CT molecular complexity index is 694. The Hall–Kier alpha value is -1.000. The number of piperidine rings is 1. The van der Waals surface area contributed by atoms with Gasteiger partial charge in [-0.1, -0.05) is 30.3 Å². The van der Waals surface area contributed by atoms with Crippen LogP contribution in [0.15, 0.2) is 35.3 Å². The maximum Gasteiger partial charge on any atom is 0.243 e. The van der Waals surface area contributed by atoms with Crippen LogP contribution in [0.3, 0.4) is 0 Å². The topological polar surface area (TPSA) is 60.0 Å². The van der Waals surface area contributed by atoms with E-state index < -0.39 is 0 Å². The lowest BCUT2D eigenvalue weighted by Gasteiger charge is -2.33. The number of nitrogens with one attached hydrogen (secondary N) is 2. The van der Waals surface area contributed by atoms with Gasteiger partial charge in [0.15, 0.2) is 5.96 Å². The molecule has 31 heavy (non-hydrogen) atoms. The standard InChI is InChI=1S/C23H37N5OS.HI/c1-27(2)22(29)16-24-23(26-20-9-10-21(15-20)30-3)25-19-11-13-28(14-12-19)17-18-7-5-4-6-8-18;/h4-8,19-21H,9-17H2,1-3H3,(H2,24,25,26);1H. The van der Waals surface area contributed by atoms with Gasteiger partial charge in [-0.2, -0.15) is 11.8 Å². The lowest BCUT2D eigenvalue weighted by molar-refractivity contribution is -0.127. The van der Waals surface area contributed by atoms with Gasteiger partial charge >= 0.3 is 0 Å². The van der Waals surface area contributed by atoms with Crippen molar-refractivity contribution in [3.63, 3.8) is 0 Å². The molecule has 0 radical (unpaired) electrons. The van der Waals surface area contributed by atoms with E-state index in [0.717, 1.165) is 43.7 Å². The number of aliphatic imine (C=N–C) groups is 1. The van der Waals surface area contributed by atoms with Crippen molar-refractivity contribution in [3.05, 3.63) is 35.9 Å². The molecule has 8 heteroatoms. The molecule has 2 aliphatic rings. The number of carbonyl (C=O) groups excluding carboxylic acids is 1. The molecular formula is C23H38IN5OS. The molecule has 1 aliphatic carbocycles. The highest BCUT2D eigenvalue weighted by atomic mass is 127. The summed E-state index contributed by atoms with van der Waals surface area (Å²) in [7, 11) is 3.56. The van der Waals surface area contributed by atoms with Crippen molar-refractivity contribution in [2.75, 3.05) is 40.0 Å². The Balaban J connectivity index is 0.00000341. The second kappa shape index (κ2) is 13.5. The molecule has 0 spiro atoms. The van der Waals surface area contributed by atoms with Gasteiger partial charge in [0.05, 0.1) is 0 Å². The summed E-state index contributed by atoms with van der Waals surface area (Å²) < 4.78 is 0. The molecule has 2 atom stereocenters. The van der Waals surface area contributed by atoms with Gasteiger partial charge in [-0.3, -0.25) is 9.69 Å². The predicted octanol–water partition coefficient (Wildman–Crippen LogP) is 3.18. The summed E-state index contributed by atoms with van der Waals surface area (Å²) in [5.74, 6) is 0.834. The zero-order valence-corrected chi connectivity index (χ0v) is 22.2. The van der Waals surface area contributed by atoms with Gasteiger partial charge < -0.3 is 15.5 Å². The van der Waals surface area contributed by atoms with E-state index in [1.165, 1.54) is 24.8 Å². The van der Waals surface area contributed by atoms with Crippen LogP contribution >= 0.6 is 35.7 Å². The molecule has 3 rings (SSSR count). The maximum atomic E-state index is 12.0. The van der Waals surface area contributed by atoms with E-state index in [-0.39, 0.29) is 36.4 Å². The number of likely N-dealkylation sites (tertiary alicyclic amines) is 1. The first kappa shape index (κ1) is 26.3. The molecule has 2 unspecified atom stereocenters. The average molecular weight is 560 g/mol. The van der Waals surface area contributed by atoms with Crippen molar-refractivity contribution in [1.82, 2.24) is 20.4 Å². The normalized spacial score (nSPS) is 22.6. The fourth-order valence-corrected chi connectivity index (χ4v) is 4.97. The molecular weight excluding hydrogens is 521 g/mol. The summed E-state index contributed by atoms with van der Waals surface area (Å²) in [5, 5.41) is 7.97. The summed E-state index contributed by atoms with van der Waals surface area (Å²) in [6.45, 7) is 3.36. The number of likely N-dealkylation sites (N-methyl/N-ethyl adjacent to an activating group) is 1. The van der Waals surface area contributed by atoms with E-state index in [4.69, 9.17) is 0 Å². The van der Waals surface area contributed by atoms with E-state index in [1.807, 2.05) is 11.8 Å². The molecule has 1 heterocycles. The molecule has 2 N–H and O–H groups in total. The Labute approximate surface area is 209 Å². The Morgan fingerprint density at radius 2 is 1.77 bits per heavy atom. The van der Waals surface area contributed by atoms with E-state index >= 15 is 0 Å². The molecule has 0 aromatic heterocycles.